The zero-order valence-electron chi connectivity index (χ0n) is 12.1. The minimum absolute atomic E-state index is 0.0501. The van der Waals surface area contributed by atoms with Gasteiger partial charge in [-0.05, 0) is 17.7 Å². The summed E-state index contributed by atoms with van der Waals surface area (Å²) in [6.07, 6.45) is 1.42. The molecule has 1 aliphatic heterocycles. The highest BCUT2D eigenvalue weighted by Crippen LogP contribution is 2.32. The van der Waals surface area contributed by atoms with E-state index in [1.807, 2.05) is 31.3 Å². The van der Waals surface area contributed by atoms with Crippen molar-refractivity contribution >= 4 is 34.7 Å². The molecule has 1 N–H and O–H groups in total. The van der Waals surface area contributed by atoms with Gasteiger partial charge >= 0.3 is 0 Å². The van der Waals surface area contributed by atoms with E-state index in [0.717, 1.165) is 23.6 Å². The van der Waals surface area contributed by atoms with Crippen LogP contribution >= 0.6 is 23.2 Å². The third kappa shape index (κ3) is 3.11. The average Bonchev–Trinajstić information content (AvgIpc) is 2.55. The monoisotopic (exact) mass is 338 g/mol. The molecule has 3 rings (SSSR count). The Morgan fingerprint density at radius 3 is 2.95 bits per heavy atom. The topological polar surface area (TPSA) is 50.3 Å². The normalized spacial score (nSPS) is 18.3. The summed E-state index contributed by atoms with van der Waals surface area (Å²) in [5.41, 5.74) is 1.79. The Morgan fingerprint density at radius 1 is 1.32 bits per heavy atom. The van der Waals surface area contributed by atoms with Gasteiger partial charge in [-0.15, -0.1) is 0 Å². The molecule has 0 saturated carbocycles. The molecular weight excluding hydrogens is 323 g/mol. The van der Waals surface area contributed by atoms with E-state index in [-0.39, 0.29) is 6.10 Å². The quantitative estimate of drug-likeness (QED) is 0.869. The predicted molar refractivity (Wildman–Crippen MR) is 88.9 cm³/mol. The van der Waals surface area contributed by atoms with Gasteiger partial charge in [-0.2, -0.15) is 0 Å². The SMILES string of the molecule is CNc1c(Cl)ncnc1N1CCOC(c2cccc(Cl)c2)C1. The summed E-state index contributed by atoms with van der Waals surface area (Å²) in [5, 5.41) is 4.19. The second kappa shape index (κ2) is 6.69. The first-order valence-electron chi connectivity index (χ1n) is 6.99. The number of morpholine rings is 1. The molecule has 1 unspecified atom stereocenters. The Hall–Kier alpha value is -1.56. The smallest absolute Gasteiger partial charge is 0.157 e. The number of nitrogens with one attached hydrogen (secondary N) is 1. The molecule has 5 nitrogen and oxygen atoms in total. The van der Waals surface area contributed by atoms with Crippen LogP contribution < -0.4 is 10.2 Å². The van der Waals surface area contributed by atoms with Gasteiger partial charge in [-0.1, -0.05) is 35.3 Å². The van der Waals surface area contributed by atoms with Gasteiger partial charge < -0.3 is 15.0 Å². The van der Waals surface area contributed by atoms with Crippen LogP contribution in [0.5, 0.6) is 0 Å². The van der Waals surface area contributed by atoms with Crippen molar-refractivity contribution in [2.24, 2.45) is 0 Å². The summed E-state index contributed by atoms with van der Waals surface area (Å²) in [7, 11) is 1.81. The maximum atomic E-state index is 6.13. The second-order valence-electron chi connectivity index (χ2n) is 4.97. The molecule has 1 aromatic carbocycles. The summed E-state index contributed by atoms with van der Waals surface area (Å²) >= 11 is 12.2. The molecule has 1 atom stereocenters. The van der Waals surface area contributed by atoms with Crippen LogP contribution in [0.4, 0.5) is 11.5 Å². The van der Waals surface area contributed by atoms with Crippen LogP contribution in [-0.4, -0.2) is 36.7 Å². The molecular formula is C15H16Cl2N4O. The summed E-state index contributed by atoms with van der Waals surface area (Å²) in [6.45, 7) is 2.05. The van der Waals surface area contributed by atoms with E-state index < -0.39 is 0 Å². The summed E-state index contributed by atoms with van der Waals surface area (Å²) in [6, 6.07) is 7.74. The lowest BCUT2D eigenvalue weighted by molar-refractivity contribution is 0.0396. The largest absolute Gasteiger partial charge is 0.383 e. The van der Waals surface area contributed by atoms with Gasteiger partial charge in [0.2, 0.25) is 0 Å². The number of hydrogen-bond donors (Lipinski definition) is 1. The fourth-order valence-corrected chi connectivity index (χ4v) is 2.98. The molecule has 2 heterocycles. The van der Waals surface area contributed by atoms with Crippen molar-refractivity contribution in [3.05, 3.63) is 46.3 Å². The lowest BCUT2D eigenvalue weighted by Crippen LogP contribution is -2.39. The minimum atomic E-state index is -0.0501. The van der Waals surface area contributed by atoms with Gasteiger partial charge in [0, 0.05) is 25.2 Å². The summed E-state index contributed by atoms with van der Waals surface area (Å²) in [5.74, 6) is 0.790. The first-order chi connectivity index (χ1) is 10.7. The van der Waals surface area contributed by atoms with E-state index in [9.17, 15) is 0 Å². The van der Waals surface area contributed by atoms with Crippen LogP contribution in [-0.2, 0) is 4.74 Å². The third-order valence-corrected chi connectivity index (χ3v) is 4.14. The Morgan fingerprint density at radius 2 is 2.18 bits per heavy atom. The number of anilines is 2. The molecule has 2 aromatic rings. The summed E-state index contributed by atoms with van der Waals surface area (Å²) in [4.78, 5) is 10.5. The number of halogens is 2. The van der Waals surface area contributed by atoms with Gasteiger partial charge in [0.25, 0.3) is 0 Å². The van der Waals surface area contributed by atoms with Crippen LogP contribution in [0.15, 0.2) is 30.6 Å². The average molecular weight is 339 g/mol. The molecule has 0 aliphatic carbocycles. The Labute approximate surface area is 139 Å². The van der Waals surface area contributed by atoms with Crippen LogP contribution in [0.3, 0.4) is 0 Å². The second-order valence-corrected chi connectivity index (χ2v) is 5.77. The molecule has 116 valence electrons. The highest BCUT2D eigenvalue weighted by molar-refractivity contribution is 6.32. The van der Waals surface area contributed by atoms with Gasteiger partial charge in [0.15, 0.2) is 11.0 Å². The molecule has 0 radical (unpaired) electrons. The highest BCUT2D eigenvalue weighted by atomic mass is 35.5. The summed E-state index contributed by atoms with van der Waals surface area (Å²) < 4.78 is 5.88. The zero-order chi connectivity index (χ0) is 15.5. The number of aromatic nitrogens is 2. The maximum Gasteiger partial charge on any atom is 0.157 e. The molecule has 22 heavy (non-hydrogen) atoms. The van der Waals surface area contributed by atoms with Gasteiger partial charge in [0.1, 0.15) is 18.1 Å². The fraction of sp³-hybridized carbons (Fsp3) is 0.333. The van der Waals surface area contributed by atoms with Crippen LogP contribution in [0.25, 0.3) is 0 Å². The van der Waals surface area contributed by atoms with Crippen molar-refractivity contribution in [1.29, 1.82) is 0 Å². The molecule has 0 bridgehead atoms. The Balaban J connectivity index is 1.86. The first-order valence-corrected chi connectivity index (χ1v) is 7.75. The van der Waals surface area contributed by atoms with Crippen molar-refractivity contribution in [2.75, 3.05) is 37.0 Å². The molecule has 0 spiro atoms. The fourth-order valence-electron chi connectivity index (χ4n) is 2.56. The number of rotatable bonds is 3. The lowest BCUT2D eigenvalue weighted by Gasteiger charge is -2.34. The van der Waals surface area contributed by atoms with E-state index >= 15 is 0 Å². The zero-order valence-corrected chi connectivity index (χ0v) is 13.6. The Bertz CT molecular complexity index is 668. The van der Waals surface area contributed by atoms with E-state index in [0.29, 0.717) is 23.3 Å². The number of hydrogen-bond acceptors (Lipinski definition) is 5. The molecule has 7 heteroatoms. The van der Waals surface area contributed by atoms with Crippen molar-refractivity contribution in [1.82, 2.24) is 9.97 Å². The minimum Gasteiger partial charge on any atom is -0.383 e. The lowest BCUT2D eigenvalue weighted by atomic mass is 10.1. The number of benzene rings is 1. The Kier molecular flexibility index (Phi) is 4.66. The van der Waals surface area contributed by atoms with Gasteiger partial charge in [-0.3, -0.25) is 0 Å². The molecule has 1 fully saturated rings. The van der Waals surface area contributed by atoms with E-state index in [4.69, 9.17) is 27.9 Å². The first kappa shape index (κ1) is 15.3. The van der Waals surface area contributed by atoms with Crippen LogP contribution in [0.1, 0.15) is 11.7 Å². The number of nitrogens with zero attached hydrogens (tertiary/aromatic N) is 3. The molecule has 1 saturated heterocycles. The van der Waals surface area contributed by atoms with Gasteiger partial charge in [-0.25, -0.2) is 9.97 Å². The highest BCUT2D eigenvalue weighted by Gasteiger charge is 2.25. The van der Waals surface area contributed by atoms with Crippen LogP contribution in [0, 0.1) is 0 Å². The van der Waals surface area contributed by atoms with E-state index in [1.165, 1.54) is 6.33 Å². The third-order valence-electron chi connectivity index (χ3n) is 3.62. The molecule has 0 amide bonds. The van der Waals surface area contributed by atoms with E-state index in [2.05, 4.69) is 20.2 Å². The standard InChI is InChI=1S/C15H16Cl2N4O/c1-18-13-14(17)19-9-20-15(13)21-5-6-22-12(8-21)10-3-2-4-11(16)7-10/h2-4,7,9,12,18H,5-6,8H2,1H3. The van der Waals surface area contributed by atoms with E-state index in [1.54, 1.807) is 0 Å². The molecule has 1 aromatic heterocycles. The molecule has 1 aliphatic rings. The van der Waals surface area contributed by atoms with Crippen LogP contribution in [0.2, 0.25) is 10.2 Å². The maximum absolute atomic E-state index is 6.13. The van der Waals surface area contributed by atoms with Crippen molar-refractivity contribution in [3.8, 4) is 0 Å². The number of ether oxygens (including phenoxy) is 1. The van der Waals surface area contributed by atoms with Crippen molar-refractivity contribution in [3.63, 3.8) is 0 Å². The van der Waals surface area contributed by atoms with Crippen molar-refractivity contribution < 1.29 is 4.74 Å². The van der Waals surface area contributed by atoms with Crippen molar-refractivity contribution in [2.45, 2.75) is 6.10 Å². The predicted octanol–water partition coefficient (Wildman–Crippen LogP) is 3.40. The van der Waals surface area contributed by atoms with Gasteiger partial charge in [0.05, 0.1) is 6.61 Å².